The van der Waals surface area contributed by atoms with Crippen LogP contribution in [0.25, 0.3) is 0 Å². The van der Waals surface area contributed by atoms with Crippen LogP contribution in [0.3, 0.4) is 0 Å². The molecular weight excluding hydrogens is 178 g/mol. The molecule has 0 saturated carbocycles. The van der Waals surface area contributed by atoms with Crippen molar-refractivity contribution < 1.29 is 4.79 Å². The number of rotatable bonds is 5. The second-order valence-electron chi connectivity index (χ2n) is 2.12. The number of primary amides is 1. The minimum Gasteiger partial charge on any atom is -0.370 e. The van der Waals surface area contributed by atoms with Crippen molar-refractivity contribution in [1.29, 1.82) is 0 Å². The Labute approximate surface area is 73.3 Å². The first-order valence-electron chi connectivity index (χ1n) is 3.44. The molecule has 1 aromatic heterocycles. The predicted molar refractivity (Wildman–Crippen MR) is 43.3 cm³/mol. The van der Waals surface area contributed by atoms with Gasteiger partial charge in [0.25, 0.3) is 0 Å². The third-order valence-electron chi connectivity index (χ3n) is 1.13. The Balaban J connectivity index is 2.07. The Morgan fingerprint density at radius 1 is 1.67 bits per heavy atom. The smallest absolute Gasteiger partial charge is 0.217 e. The van der Waals surface area contributed by atoms with E-state index in [9.17, 15) is 4.79 Å². The van der Waals surface area contributed by atoms with Gasteiger partial charge in [-0.15, -0.1) is 5.10 Å². The number of aromatic nitrogens is 4. The van der Waals surface area contributed by atoms with Gasteiger partial charge < -0.3 is 5.73 Å². The van der Waals surface area contributed by atoms with Gasteiger partial charge in [-0.3, -0.25) is 4.79 Å². The molecule has 0 bridgehead atoms. The zero-order valence-corrected chi connectivity index (χ0v) is 7.17. The van der Waals surface area contributed by atoms with Gasteiger partial charge in [-0.05, 0) is 16.8 Å². The molecule has 0 aliphatic carbocycles. The summed E-state index contributed by atoms with van der Waals surface area (Å²) in [6.45, 7) is 0. The molecule has 1 heterocycles. The van der Waals surface area contributed by atoms with Crippen molar-refractivity contribution in [2.75, 3.05) is 5.75 Å². The van der Waals surface area contributed by atoms with Crippen LogP contribution >= 0.6 is 11.8 Å². The molecular formula is C5H9N5OS. The van der Waals surface area contributed by atoms with Gasteiger partial charge in [0.15, 0.2) is 0 Å². The van der Waals surface area contributed by atoms with Gasteiger partial charge in [-0.2, -0.15) is 0 Å². The average molecular weight is 187 g/mol. The normalized spacial score (nSPS) is 10.0. The quantitative estimate of drug-likeness (QED) is 0.481. The van der Waals surface area contributed by atoms with E-state index in [1.54, 1.807) is 0 Å². The summed E-state index contributed by atoms with van der Waals surface area (Å²) in [4.78, 5) is 10.3. The molecule has 12 heavy (non-hydrogen) atoms. The summed E-state index contributed by atoms with van der Waals surface area (Å²) in [5, 5.41) is 13.7. The van der Waals surface area contributed by atoms with Gasteiger partial charge >= 0.3 is 0 Å². The number of carbonyl (C=O) groups excluding carboxylic acids is 1. The third-order valence-corrected chi connectivity index (χ3v) is 2.07. The van der Waals surface area contributed by atoms with Crippen LogP contribution in [0.15, 0.2) is 5.16 Å². The van der Waals surface area contributed by atoms with E-state index in [0.29, 0.717) is 11.6 Å². The molecule has 6 nitrogen and oxygen atoms in total. The number of amides is 1. The molecule has 7 heteroatoms. The number of H-pyrrole nitrogens is 1. The number of hydrogen-bond donors (Lipinski definition) is 2. The van der Waals surface area contributed by atoms with Gasteiger partial charge in [0.2, 0.25) is 11.1 Å². The molecule has 0 saturated heterocycles. The van der Waals surface area contributed by atoms with E-state index in [2.05, 4.69) is 20.6 Å². The minimum atomic E-state index is -0.272. The molecule has 66 valence electrons. The molecule has 3 N–H and O–H groups in total. The van der Waals surface area contributed by atoms with E-state index in [1.807, 2.05) is 0 Å². The molecule has 1 amide bonds. The molecule has 0 aliphatic heterocycles. The summed E-state index contributed by atoms with van der Waals surface area (Å²) in [5.74, 6) is 0.520. The maximum atomic E-state index is 10.3. The Kier molecular flexibility index (Phi) is 3.52. The number of nitrogens with two attached hydrogens (primary N) is 1. The largest absolute Gasteiger partial charge is 0.370 e. The predicted octanol–water partition coefficient (Wildman–Crippen LogP) is -0.443. The minimum absolute atomic E-state index is 0.272. The highest BCUT2D eigenvalue weighted by molar-refractivity contribution is 7.99. The van der Waals surface area contributed by atoms with Crippen LogP contribution in [0.2, 0.25) is 0 Å². The molecule has 1 aromatic rings. The van der Waals surface area contributed by atoms with E-state index in [1.165, 1.54) is 11.8 Å². The highest BCUT2D eigenvalue weighted by atomic mass is 32.2. The van der Waals surface area contributed by atoms with E-state index in [-0.39, 0.29) is 5.91 Å². The van der Waals surface area contributed by atoms with E-state index in [4.69, 9.17) is 5.73 Å². The van der Waals surface area contributed by atoms with Crippen LogP contribution < -0.4 is 5.73 Å². The summed E-state index contributed by atoms with van der Waals surface area (Å²) in [7, 11) is 0. The van der Waals surface area contributed by atoms with Crippen LogP contribution in [0.5, 0.6) is 0 Å². The molecule has 0 aromatic carbocycles. The van der Waals surface area contributed by atoms with Crippen LogP contribution in [0, 0.1) is 0 Å². The number of aromatic amines is 1. The number of nitrogens with one attached hydrogen (secondary N) is 1. The first-order chi connectivity index (χ1) is 5.79. The van der Waals surface area contributed by atoms with Crippen LogP contribution in [-0.2, 0) is 4.79 Å². The lowest BCUT2D eigenvalue weighted by Gasteiger charge is -1.93. The Hall–Kier alpha value is -1.11. The Morgan fingerprint density at radius 3 is 3.08 bits per heavy atom. The number of tetrazole rings is 1. The Bertz CT molecular complexity index is 236. The highest BCUT2D eigenvalue weighted by Gasteiger charge is 1.98. The van der Waals surface area contributed by atoms with Crippen LogP contribution in [-0.4, -0.2) is 32.3 Å². The number of carbonyl (C=O) groups is 1. The second-order valence-corrected chi connectivity index (χ2v) is 3.21. The fourth-order valence-electron chi connectivity index (χ4n) is 0.627. The zero-order chi connectivity index (χ0) is 8.81. The van der Waals surface area contributed by atoms with E-state index >= 15 is 0 Å². The van der Waals surface area contributed by atoms with Crippen molar-refractivity contribution in [1.82, 2.24) is 20.6 Å². The lowest BCUT2D eigenvalue weighted by atomic mass is 10.3. The molecule has 1 rings (SSSR count). The highest BCUT2D eigenvalue weighted by Crippen LogP contribution is 2.11. The fraction of sp³-hybridized carbons (Fsp3) is 0.600. The van der Waals surface area contributed by atoms with Crippen LogP contribution in [0.4, 0.5) is 0 Å². The molecule has 0 fully saturated rings. The summed E-state index contributed by atoms with van der Waals surface area (Å²) in [6.07, 6.45) is 1.16. The van der Waals surface area contributed by atoms with Gasteiger partial charge in [-0.1, -0.05) is 11.8 Å². The van der Waals surface area contributed by atoms with Crippen LogP contribution in [0.1, 0.15) is 12.8 Å². The van der Waals surface area contributed by atoms with Gasteiger partial charge in [0.1, 0.15) is 0 Å². The van der Waals surface area contributed by atoms with E-state index in [0.717, 1.165) is 12.2 Å². The van der Waals surface area contributed by atoms with E-state index < -0.39 is 0 Å². The van der Waals surface area contributed by atoms with Crippen molar-refractivity contribution in [2.24, 2.45) is 5.73 Å². The van der Waals surface area contributed by atoms with Crippen molar-refractivity contribution in [2.45, 2.75) is 18.0 Å². The molecule has 0 atom stereocenters. The standard InChI is InChI=1S/C5H9N5OS/c6-4(11)2-1-3-12-5-7-9-10-8-5/h1-3H2,(H2,6,11)(H,7,8,9,10). The summed E-state index contributed by atoms with van der Waals surface area (Å²) in [6, 6.07) is 0. The first-order valence-corrected chi connectivity index (χ1v) is 4.42. The lowest BCUT2D eigenvalue weighted by molar-refractivity contribution is -0.118. The lowest BCUT2D eigenvalue weighted by Crippen LogP contribution is -2.09. The van der Waals surface area contributed by atoms with Crippen molar-refractivity contribution >= 4 is 17.7 Å². The first kappa shape index (κ1) is 8.98. The average Bonchev–Trinajstić information content (AvgIpc) is 2.49. The number of nitrogens with zero attached hydrogens (tertiary/aromatic N) is 3. The monoisotopic (exact) mass is 187 g/mol. The molecule has 0 aliphatic rings. The van der Waals surface area contributed by atoms with Crippen molar-refractivity contribution in [3.05, 3.63) is 0 Å². The zero-order valence-electron chi connectivity index (χ0n) is 6.36. The molecule has 0 unspecified atom stereocenters. The topological polar surface area (TPSA) is 97.6 Å². The maximum absolute atomic E-state index is 10.3. The second kappa shape index (κ2) is 4.70. The molecule has 0 radical (unpaired) electrons. The third kappa shape index (κ3) is 3.33. The summed E-state index contributed by atoms with van der Waals surface area (Å²) < 4.78 is 0. The Morgan fingerprint density at radius 2 is 2.50 bits per heavy atom. The summed E-state index contributed by atoms with van der Waals surface area (Å²) >= 11 is 1.47. The van der Waals surface area contributed by atoms with Crippen molar-refractivity contribution in [3.63, 3.8) is 0 Å². The molecule has 0 spiro atoms. The fourth-order valence-corrected chi connectivity index (χ4v) is 1.31. The van der Waals surface area contributed by atoms with Gasteiger partial charge in [-0.25, -0.2) is 5.10 Å². The SMILES string of the molecule is NC(=O)CCCSc1nnn[nH]1. The number of thioether (sulfide) groups is 1. The maximum Gasteiger partial charge on any atom is 0.217 e. The summed E-state index contributed by atoms with van der Waals surface area (Å²) in [5.41, 5.74) is 4.96. The number of hydrogen-bond acceptors (Lipinski definition) is 5. The van der Waals surface area contributed by atoms with Gasteiger partial charge in [0.05, 0.1) is 0 Å². The van der Waals surface area contributed by atoms with Gasteiger partial charge in [0, 0.05) is 12.2 Å². The van der Waals surface area contributed by atoms with Crippen molar-refractivity contribution in [3.8, 4) is 0 Å².